The van der Waals surface area contributed by atoms with E-state index in [0.717, 1.165) is 12.2 Å². The summed E-state index contributed by atoms with van der Waals surface area (Å²) in [5, 5.41) is 3.29. The number of nitrogens with one attached hydrogen (secondary N) is 1. The first-order valence-electron chi connectivity index (χ1n) is 5.07. The van der Waals surface area contributed by atoms with E-state index in [4.69, 9.17) is 0 Å². The van der Waals surface area contributed by atoms with Crippen molar-refractivity contribution in [1.82, 2.24) is 9.97 Å². The predicted octanol–water partition coefficient (Wildman–Crippen LogP) is 2.71. The Bertz CT molecular complexity index is 251. The molecule has 0 saturated carbocycles. The number of anilines is 1. The van der Waals surface area contributed by atoms with Crippen molar-refractivity contribution >= 4 is 5.69 Å². The van der Waals surface area contributed by atoms with Crippen molar-refractivity contribution in [2.24, 2.45) is 5.41 Å². The van der Waals surface area contributed by atoms with Crippen molar-refractivity contribution in [3.05, 3.63) is 18.7 Å². The van der Waals surface area contributed by atoms with Gasteiger partial charge >= 0.3 is 0 Å². The highest BCUT2D eigenvalue weighted by molar-refractivity contribution is 5.36. The molecule has 0 radical (unpaired) electrons. The van der Waals surface area contributed by atoms with E-state index in [1.165, 1.54) is 12.8 Å². The van der Waals surface area contributed by atoms with Gasteiger partial charge in [0.15, 0.2) is 0 Å². The van der Waals surface area contributed by atoms with Crippen LogP contribution in [0.2, 0.25) is 0 Å². The van der Waals surface area contributed by atoms with Gasteiger partial charge in [0.1, 0.15) is 6.33 Å². The molecule has 1 aromatic heterocycles. The van der Waals surface area contributed by atoms with E-state index in [1.54, 1.807) is 18.7 Å². The second kappa shape index (κ2) is 4.94. The zero-order chi connectivity index (χ0) is 10.4. The van der Waals surface area contributed by atoms with E-state index >= 15 is 0 Å². The van der Waals surface area contributed by atoms with Gasteiger partial charge in [0.05, 0.1) is 18.1 Å². The van der Waals surface area contributed by atoms with Crippen LogP contribution in [0.5, 0.6) is 0 Å². The molecule has 0 atom stereocenters. The third-order valence-corrected chi connectivity index (χ3v) is 1.99. The Morgan fingerprint density at radius 3 is 2.43 bits per heavy atom. The lowest BCUT2D eigenvalue weighted by atomic mass is 9.91. The molecule has 0 saturated heterocycles. The smallest absolute Gasteiger partial charge is 0.115 e. The van der Waals surface area contributed by atoms with Gasteiger partial charge in [-0.3, -0.25) is 0 Å². The quantitative estimate of drug-likeness (QED) is 0.747. The molecular weight excluding hydrogens is 174 g/mol. The SMILES string of the molecule is CC(C)(C)CCCNc1cncnc1. The average molecular weight is 193 g/mol. The lowest BCUT2D eigenvalue weighted by molar-refractivity contribution is 0.370. The molecule has 0 aliphatic heterocycles. The van der Waals surface area contributed by atoms with Crippen LogP contribution >= 0.6 is 0 Å². The minimum Gasteiger partial charge on any atom is -0.383 e. The molecule has 14 heavy (non-hydrogen) atoms. The summed E-state index contributed by atoms with van der Waals surface area (Å²) < 4.78 is 0. The van der Waals surface area contributed by atoms with Crippen molar-refractivity contribution in [3.63, 3.8) is 0 Å². The van der Waals surface area contributed by atoms with E-state index in [-0.39, 0.29) is 0 Å². The zero-order valence-corrected chi connectivity index (χ0v) is 9.25. The highest BCUT2D eigenvalue weighted by Crippen LogP contribution is 2.20. The standard InChI is InChI=1S/C11H19N3/c1-11(2,3)5-4-6-14-10-7-12-9-13-8-10/h7-9,14H,4-6H2,1-3H3. The second-order valence-electron chi connectivity index (χ2n) is 4.72. The lowest BCUT2D eigenvalue weighted by Gasteiger charge is -2.17. The molecular formula is C11H19N3. The average Bonchev–Trinajstić information content (AvgIpc) is 2.13. The predicted molar refractivity (Wildman–Crippen MR) is 59.2 cm³/mol. The minimum atomic E-state index is 0.425. The normalized spacial score (nSPS) is 11.4. The van der Waals surface area contributed by atoms with E-state index in [1.807, 2.05) is 0 Å². The van der Waals surface area contributed by atoms with Gasteiger partial charge in [0.25, 0.3) is 0 Å². The van der Waals surface area contributed by atoms with Crippen LogP contribution in [0.1, 0.15) is 33.6 Å². The first-order chi connectivity index (χ1) is 6.58. The maximum absolute atomic E-state index is 3.94. The first-order valence-corrected chi connectivity index (χ1v) is 5.07. The number of rotatable bonds is 4. The molecule has 0 unspecified atom stereocenters. The third kappa shape index (κ3) is 4.80. The molecule has 0 bridgehead atoms. The van der Waals surface area contributed by atoms with Crippen LogP contribution in [-0.4, -0.2) is 16.5 Å². The Morgan fingerprint density at radius 2 is 1.86 bits per heavy atom. The van der Waals surface area contributed by atoms with Gasteiger partial charge in [-0.15, -0.1) is 0 Å². The molecule has 1 rings (SSSR count). The molecule has 78 valence electrons. The number of aromatic nitrogens is 2. The Labute approximate surface area is 86.0 Å². The Kier molecular flexibility index (Phi) is 3.86. The molecule has 1 aromatic rings. The van der Waals surface area contributed by atoms with Crippen molar-refractivity contribution in [2.45, 2.75) is 33.6 Å². The number of nitrogens with zero attached hydrogens (tertiary/aromatic N) is 2. The molecule has 0 aliphatic carbocycles. The summed E-state index contributed by atoms with van der Waals surface area (Å²) in [6.07, 6.45) is 7.54. The fourth-order valence-electron chi connectivity index (χ4n) is 1.24. The number of hydrogen-bond donors (Lipinski definition) is 1. The first kappa shape index (κ1) is 11.0. The number of hydrogen-bond acceptors (Lipinski definition) is 3. The molecule has 0 fully saturated rings. The van der Waals surface area contributed by atoms with E-state index in [9.17, 15) is 0 Å². The largest absolute Gasteiger partial charge is 0.383 e. The molecule has 1 N–H and O–H groups in total. The monoisotopic (exact) mass is 193 g/mol. The van der Waals surface area contributed by atoms with Crippen LogP contribution in [-0.2, 0) is 0 Å². The van der Waals surface area contributed by atoms with Gasteiger partial charge in [0.2, 0.25) is 0 Å². The maximum Gasteiger partial charge on any atom is 0.115 e. The van der Waals surface area contributed by atoms with Gasteiger partial charge < -0.3 is 5.32 Å². The van der Waals surface area contributed by atoms with Crippen LogP contribution in [0.15, 0.2) is 18.7 Å². The zero-order valence-electron chi connectivity index (χ0n) is 9.25. The summed E-state index contributed by atoms with van der Waals surface area (Å²) in [4.78, 5) is 7.88. The second-order valence-corrected chi connectivity index (χ2v) is 4.72. The summed E-state index contributed by atoms with van der Waals surface area (Å²) >= 11 is 0. The molecule has 3 nitrogen and oxygen atoms in total. The lowest BCUT2D eigenvalue weighted by Crippen LogP contribution is -2.09. The Hall–Kier alpha value is -1.12. The fraction of sp³-hybridized carbons (Fsp3) is 0.636. The molecule has 0 spiro atoms. The van der Waals surface area contributed by atoms with Crippen LogP contribution in [0.4, 0.5) is 5.69 Å². The Morgan fingerprint density at radius 1 is 1.21 bits per heavy atom. The molecule has 1 heterocycles. The molecule has 3 heteroatoms. The topological polar surface area (TPSA) is 37.8 Å². The fourth-order valence-corrected chi connectivity index (χ4v) is 1.24. The third-order valence-electron chi connectivity index (χ3n) is 1.99. The van der Waals surface area contributed by atoms with Gasteiger partial charge in [-0.05, 0) is 18.3 Å². The van der Waals surface area contributed by atoms with Gasteiger partial charge in [-0.25, -0.2) is 9.97 Å². The van der Waals surface area contributed by atoms with Crippen molar-refractivity contribution in [1.29, 1.82) is 0 Å². The van der Waals surface area contributed by atoms with Crippen LogP contribution in [0, 0.1) is 5.41 Å². The van der Waals surface area contributed by atoms with E-state index < -0.39 is 0 Å². The van der Waals surface area contributed by atoms with Crippen LogP contribution in [0.25, 0.3) is 0 Å². The van der Waals surface area contributed by atoms with Crippen molar-refractivity contribution < 1.29 is 0 Å². The highest BCUT2D eigenvalue weighted by Gasteiger charge is 2.08. The highest BCUT2D eigenvalue weighted by atomic mass is 14.9. The van der Waals surface area contributed by atoms with E-state index in [0.29, 0.717) is 5.41 Å². The summed E-state index contributed by atoms with van der Waals surface area (Å²) in [6.45, 7) is 7.78. The molecule has 0 aliphatic rings. The van der Waals surface area contributed by atoms with Crippen molar-refractivity contribution in [2.75, 3.05) is 11.9 Å². The van der Waals surface area contributed by atoms with Crippen molar-refractivity contribution in [3.8, 4) is 0 Å². The van der Waals surface area contributed by atoms with Crippen LogP contribution < -0.4 is 5.32 Å². The van der Waals surface area contributed by atoms with Gasteiger partial charge in [0, 0.05) is 6.54 Å². The molecule has 0 aromatic carbocycles. The summed E-state index contributed by atoms with van der Waals surface area (Å²) in [5.41, 5.74) is 1.43. The van der Waals surface area contributed by atoms with E-state index in [2.05, 4.69) is 36.1 Å². The maximum atomic E-state index is 3.94. The Balaban J connectivity index is 2.17. The van der Waals surface area contributed by atoms with Gasteiger partial charge in [-0.1, -0.05) is 20.8 Å². The van der Waals surface area contributed by atoms with Gasteiger partial charge in [-0.2, -0.15) is 0 Å². The summed E-state index contributed by atoms with van der Waals surface area (Å²) in [6, 6.07) is 0. The summed E-state index contributed by atoms with van der Waals surface area (Å²) in [5.74, 6) is 0. The summed E-state index contributed by atoms with van der Waals surface area (Å²) in [7, 11) is 0. The van der Waals surface area contributed by atoms with Crippen LogP contribution in [0.3, 0.4) is 0 Å². The minimum absolute atomic E-state index is 0.425. The molecule has 0 amide bonds.